The molecule has 2 heterocycles. The molecule has 1 aliphatic heterocycles. The topological polar surface area (TPSA) is 64.3 Å². The van der Waals surface area contributed by atoms with Crippen molar-refractivity contribution in [2.24, 2.45) is 0 Å². The van der Waals surface area contributed by atoms with E-state index in [1.54, 1.807) is 13.2 Å². The van der Waals surface area contributed by atoms with E-state index in [0.29, 0.717) is 11.9 Å². The van der Waals surface area contributed by atoms with Gasteiger partial charge in [-0.05, 0) is 19.8 Å². The first-order chi connectivity index (χ1) is 8.17. The lowest BCUT2D eigenvalue weighted by Crippen LogP contribution is -2.36. The molecule has 0 spiro atoms. The molecule has 1 aromatic heterocycles. The van der Waals surface area contributed by atoms with Crippen molar-refractivity contribution in [3.05, 3.63) is 17.6 Å². The summed E-state index contributed by atoms with van der Waals surface area (Å²) in [6.07, 6.45) is 2.57. The largest absolute Gasteiger partial charge is 0.384 e. The van der Waals surface area contributed by atoms with Gasteiger partial charge in [0, 0.05) is 32.0 Å². The van der Waals surface area contributed by atoms with Crippen LogP contribution in [0.1, 0.15) is 24.4 Å². The highest BCUT2D eigenvalue weighted by atomic mass is 16.5. The fourth-order valence-electron chi connectivity index (χ4n) is 2.23. The molecule has 17 heavy (non-hydrogen) atoms. The normalized spacial score (nSPS) is 18.5. The predicted octanol–water partition coefficient (Wildman–Crippen LogP) is 0.978. The number of aromatic nitrogens is 2. The van der Waals surface area contributed by atoms with Crippen LogP contribution in [0.25, 0.3) is 0 Å². The summed E-state index contributed by atoms with van der Waals surface area (Å²) in [6, 6.07) is 1.79. The summed E-state index contributed by atoms with van der Waals surface area (Å²) in [5.41, 5.74) is 6.65. The Labute approximate surface area is 102 Å². The van der Waals surface area contributed by atoms with Crippen molar-refractivity contribution in [2.75, 3.05) is 25.9 Å². The number of aryl methyl sites for hydroxylation is 1. The highest BCUT2D eigenvalue weighted by Gasteiger charge is 2.19. The van der Waals surface area contributed by atoms with Gasteiger partial charge in [0.1, 0.15) is 11.6 Å². The lowest BCUT2D eigenvalue weighted by molar-refractivity contribution is 0.0381. The first kappa shape index (κ1) is 12.3. The molecule has 1 saturated heterocycles. The molecule has 0 aromatic carbocycles. The number of anilines is 1. The summed E-state index contributed by atoms with van der Waals surface area (Å²) >= 11 is 0. The Morgan fingerprint density at radius 3 is 2.71 bits per heavy atom. The van der Waals surface area contributed by atoms with Gasteiger partial charge < -0.3 is 10.5 Å². The van der Waals surface area contributed by atoms with Crippen molar-refractivity contribution >= 4 is 5.82 Å². The molecule has 0 unspecified atom stereocenters. The molecule has 2 rings (SSSR count). The van der Waals surface area contributed by atoms with Crippen LogP contribution >= 0.6 is 0 Å². The van der Waals surface area contributed by atoms with Crippen LogP contribution in [0.3, 0.4) is 0 Å². The maximum absolute atomic E-state index is 5.72. The zero-order valence-corrected chi connectivity index (χ0v) is 10.5. The van der Waals surface area contributed by atoms with Crippen LogP contribution in [-0.4, -0.2) is 41.2 Å². The quantitative estimate of drug-likeness (QED) is 0.847. The van der Waals surface area contributed by atoms with Crippen molar-refractivity contribution < 1.29 is 4.74 Å². The Morgan fingerprint density at radius 1 is 1.41 bits per heavy atom. The number of nitrogens with zero attached hydrogens (tertiary/aromatic N) is 3. The standard InChI is InChI=1S/C12H20N4O/c1-9-7-11(13)15-12(14-9)8-16-5-3-10(17-2)4-6-16/h7,10H,3-6,8H2,1-2H3,(H2,13,14,15). The third kappa shape index (κ3) is 3.38. The van der Waals surface area contributed by atoms with Crippen molar-refractivity contribution in [1.82, 2.24) is 14.9 Å². The van der Waals surface area contributed by atoms with Gasteiger partial charge in [-0.2, -0.15) is 0 Å². The summed E-state index contributed by atoms with van der Waals surface area (Å²) < 4.78 is 5.35. The van der Waals surface area contributed by atoms with Gasteiger partial charge in [-0.3, -0.25) is 4.90 Å². The summed E-state index contributed by atoms with van der Waals surface area (Å²) in [4.78, 5) is 11.0. The van der Waals surface area contributed by atoms with Crippen LogP contribution in [0.2, 0.25) is 0 Å². The summed E-state index contributed by atoms with van der Waals surface area (Å²) in [7, 11) is 1.78. The molecule has 0 radical (unpaired) electrons. The van der Waals surface area contributed by atoms with Crippen molar-refractivity contribution in [3.8, 4) is 0 Å². The molecule has 0 aliphatic carbocycles. The Morgan fingerprint density at radius 2 is 2.12 bits per heavy atom. The number of rotatable bonds is 3. The third-order valence-corrected chi connectivity index (χ3v) is 3.15. The van der Waals surface area contributed by atoms with Gasteiger partial charge in [-0.25, -0.2) is 9.97 Å². The summed E-state index contributed by atoms with van der Waals surface area (Å²) in [5, 5.41) is 0. The number of nitrogens with two attached hydrogens (primary N) is 1. The van der Waals surface area contributed by atoms with E-state index in [9.17, 15) is 0 Å². The van der Waals surface area contributed by atoms with Gasteiger partial charge in [0.15, 0.2) is 0 Å². The number of ether oxygens (including phenoxy) is 1. The first-order valence-electron chi connectivity index (χ1n) is 6.02. The molecule has 0 bridgehead atoms. The molecule has 94 valence electrons. The van der Waals surface area contributed by atoms with E-state index in [0.717, 1.165) is 44.0 Å². The Kier molecular flexibility index (Phi) is 3.91. The zero-order valence-electron chi connectivity index (χ0n) is 10.5. The second-order valence-corrected chi connectivity index (χ2v) is 4.56. The lowest BCUT2D eigenvalue weighted by atomic mass is 10.1. The molecular formula is C12H20N4O. The average molecular weight is 236 g/mol. The van der Waals surface area contributed by atoms with E-state index >= 15 is 0 Å². The number of nitrogen functional groups attached to an aromatic ring is 1. The second-order valence-electron chi connectivity index (χ2n) is 4.56. The molecule has 5 nitrogen and oxygen atoms in total. The minimum atomic E-state index is 0.412. The smallest absolute Gasteiger partial charge is 0.144 e. The Bertz CT molecular complexity index is 355. The van der Waals surface area contributed by atoms with Crippen LogP contribution in [0.15, 0.2) is 6.07 Å². The van der Waals surface area contributed by atoms with E-state index in [1.807, 2.05) is 6.92 Å². The average Bonchev–Trinajstić information content (AvgIpc) is 2.28. The molecule has 1 fully saturated rings. The van der Waals surface area contributed by atoms with E-state index in [4.69, 9.17) is 10.5 Å². The lowest BCUT2D eigenvalue weighted by Gasteiger charge is -2.30. The van der Waals surface area contributed by atoms with Crippen molar-refractivity contribution in [2.45, 2.75) is 32.4 Å². The number of methoxy groups -OCH3 is 1. The molecule has 0 amide bonds. The molecule has 1 aromatic rings. The van der Waals surface area contributed by atoms with Crippen LogP contribution in [-0.2, 0) is 11.3 Å². The minimum absolute atomic E-state index is 0.412. The van der Waals surface area contributed by atoms with Crippen LogP contribution in [0, 0.1) is 6.92 Å². The highest BCUT2D eigenvalue weighted by molar-refractivity contribution is 5.29. The monoisotopic (exact) mass is 236 g/mol. The number of hydrogen-bond donors (Lipinski definition) is 1. The fourth-order valence-corrected chi connectivity index (χ4v) is 2.23. The van der Waals surface area contributed by atoms with Gasteiger partial charge in [0.05, 0.1) is 12.6 Å². The van der Waals surface area contributed by atoms with Gasteiger partial charge in [-0.1, -0.05) is 0 Å². The van der Waals surface area contributed by atoms with E-state index in [-0.39, 0.29) is 0 Å². The molecule has 5 heteroatoms. The number of hydrogen-bond acceptors (Lipinski definition) is 5. The van der Waals surface area contributed by atoms with E-state index in [1.165, 1.54) is 0 Å². The van der Waals surface area contributed by atoms with Gasteiger partial charge in [0.2, 0.25) is 0 Å². The van der Waals surface area contributed by atoms with Gasteiger partial charge in [-0.15, -0.1) is 0 Å². The molecule has 0 atom stereocenters. The SMILES string of the molecule is COC1CCN(Cc2nc(C)cc(N)n2)CC1. The fraction of sp³-hybridized carbons (Fsp3) is 0.667. The molecule has 1 aliphatic rings. The Balaban J connectivity index is 1.93. The van der Waals surface area contributed by atoms with Crippen molar-refractivity contribution in [1.29, 1.82) is 0 Å². The van der Waals surface area contributed by atoms with Crippen molar-refractivity contribution in [3.63, 3.8) is 0 Å². The van der Waals surface area contributed by atoms with Crippen LogP contribution in [0.4, 0.5) is 5.82 Å². The van der Waals surface area contributed by atoms with Gasteiger partial charge >= 0.3 is 0 Å². The first-order valence-corrected chi connectivity index (χ1v) is 6.02. The maximum Gasteiger partial charge on any atom is 0.144 e. The summed E-state index contributed by atoms with van der Waals surface area (Å²) in [6.45, 7) is 4.80. The molecule has 2 N–H and O–H groups in total. The molecule has 0 saturated carbocycles. The molecular weight excluding hydrogens is 216 g/mol. The van der Waals surface area contributed by atoms with E-state index < -0.39 is 0 Å². The maximum atomic E-state index is 5.72. The van der Waals surface area contributed by atoms with Crippen LogP contribution in [0.5, 0.6) is 0 Å². The highest BCUT2D eigenvalue weighted by Crippen LogP contribution is 2.14. The van der Waals surface area contributed by atoms with Crippen LogP contribution < -0.4 is 5.73 Å². The minimum Gasteiger partial charge on any atom is -0.384 e. The third-order valence-electron chi connectivity index (χ3n) is 3.15. The van der Waals surface area contributed by atoms with E-state index in [2.05, 4.69) is 14.9 Å². The second kappa shape index (κ2) is 5.42. The van der Waals surface area contributed by atoms with Gasteiger partial charge in [0.25, 0.3) is 0 Å². The Hall–Kier alpha value is -1.20. The summed E-state index contributed by atoms with van der Waals surface area (Å²) in [5.74, 6) is 1.37. The predicted molar refractivity (Wildman–Crippen MR) is 66.5 cm³/mol. The zero-order chi connectivity index (χ0) is 12.3. The number of piperidine rings is 1. The number of likely N-dealkylation sites (tertiary alicyclic amines) is 1.